The summed E-state index contributed by atoms with van der Waals surface area (Å²) in [6.07, 6.45) is 3.84. The number of rotatable bonds is 7. The molecule has 0 bridgehead atoms. The molecule has 9 heteroatoms. The first-order chi connectivity index (χ1) is 15.6. The average Bonchev–Trinajstić information content (AvgIpc) is 3.33. The Morgan fingerprint density at radius 3 is 2.75 bits per heavy atom. The van der Waals surface area contributed by atoms with Crippen LogP contribution in [0, 0.1) is 0 Å². The van der Waals surface area contributed by atoms with Gasteiger partial charge < -0.3 is 20.3 Å². The largest absolute Gasteiger partial charge is 0.383 e. The summed E-state index contributed by atoms with van der Waals surface area (Å²) in [5.41, 5.74) is 2.62. The number of carbonyl (C=O) groups is 2. The molecular formula is C23H26N6O3. The lowest BCUT2D eigenvalue weighted by atomic mass is 9.99. The van der Waals surface area contributed by atoms with Crippen molar-refractivity contribution in [2.24, 2.45) is 0 Å². The lowest BCUT2D eigenvalue weighted by Gasteiger charge is -2.17. The fraction of sp³-hybridized carbons (Fsp3) is 0.348. The highest BCUT2D eigenvalue weighted by Gasteiger charge is 2.30. The highest BCUT2D eigenvalue weighted by Crippen LogP contribution is 2.30. The fourth-order valence-corrected chi connectivity index (χ4v) is 3.89. The molecule has 4 rings (SSSR count). The van der Waals surface area contributed by atoms with Gasteiger partial charge in [0.05, 0.1) is 23.3 Å². The van der Waals surface area contributed by atoms with Gasteiger partial charge in [0.2, 0.25) is 5.95 Å². The van der Waals surface area contributed by atoms with E-state index in [-0.39, 0.29) is 17.7 Å². The van der Waals surface area contributed by atoms with Crippen LogP contribution in [-0.4, -0.2) is 72.1 Å². The second-order valence-corrected chi connectivity index (χ2v) is 7.64. The quantitative estimate of drug-likeness (QED) is 0.548. The number of aromatic nitrogens is 3. The number of nitrogens with zero attached hydrogens (tertiary/aromatic N) is 4. The number of hydrogen-bond acceptors (Lipinski definition) is 7. The third-order valence-corrected chi connectivity index (χ3v) is 5.59. The maximum atomic E-state index is 12.9. The fourth-order valence-electron chi connectivity index (χ4n) is 3.89. The lowest BCUT2D eigenvalue weighted by molar-refractivity contribution is 0.0789. The predicted molar refractivity (Wildman–Crippen MR) is 121 cm³/mol. The highest BCUT2D eigenvalue weighted by atomic mass is 16.5. The predicted octanol–water partition coefficient (Wildman–Crippen LogP) is 2.07. The van der Waals surface area contributed by atoms with E-state index in [0.29, 0.717) is 43.3 Å². The molecule has 1 fully saturated rings. The first-order valence-corrected chi connectivity index (χ1v) is 10.6. The van der Waals surface area contributed by atoms with Crippen LogP contribution in [0.1, 0.15) is 38.7 Å². The van der Waals surface area contributed by atoms with E-state index >= 15 is 0 Å². The molecule has 1 saturated heterocycles. The summed E-state index contributed by atoms with van der Waals surface area (Å²) in [5, 5.41) is 6.54. The summed E-state index contributed by atoms with van der Waals surface area (Å²) in [4.78, 5) is 40.6. The van der Waals surface area contributed by atoms with Gasteiger partial charge >= 0.3 is 0 Å². The number of ether oxygens (including phenoxy) is 1. The van der Waals surface area contributed by atoms with Gasteiger partial charge in [-0.05, 0) is 18.6 Å². The SMILES string of the molecule is CNc1ncc(C(=O)N2CC[C@@H](c3cc(C(=O)NCCOC)c4ccccc4n3)C2)cn1. The minimum Gasteiger partial charge on any atom is -0.383 e. The van der Waals surface area contributed by atoms with E-state index in [0.717, 1.165) is 23.0 Å². The van der Waals surface area contributed by atoms with Gasteiger partial charge in [-0.2, -0.15) is 0 Å². The summed E-state index contributed by atoms with van der Waals surface area (Å²) in [5.74, 6) is 0.257. The Morgan fingerprint density at radius 1 is 1.22 bits per heavy atom. The van der Waals surface area contributed by atoms with Crippen molar-refractivity contribution in [3.63, 3.8) is 0 Å². The first kappa shape index (κ1) is 21.6. The summed E-state index contributed by atoms with van der Waals surface area (Å²) in [6.45, 7) is 2.02. The molecular weight excluding hydrogens is 408 g/mol. The van der Waals surface area contributed by atoms with E-state index in [1.807, 2.05) is 30.3 Å². The van der Waals surface area contributed by atoms with Gasteiger partial charge in [0, 0.05) is 63.2 Å². The maximum Gasteiger partial charge on any atom is 0.257 e. The lowest BCUT2D eigenvalue weighted by Crippen LogP contribution is -2.29. The Labute approximate surface area is 186 Å². The van der Waals surface area contributed by atoms with Crippen LogP contribution < -0.4 is 10.6 Å². The summed E-state index contributed by atoms with van der Waals surface area (Å²) in [7, 11) is 3.32. The average molecular weight is 435 g/mol. The molecule has 0 radical (unpaired) electrons. The summed E-state index contributed by atoms with van der Waals surface area (Å²) < 4.78 is 5.03. The maximum absolute atomic E-state index is 12.9. The monoisotopic (exact) mass is 434 g/mol. The zero-order valence-corrected chi connectivity index (χ0v) is 18.2. The van der Waals surface area contributed by atoms with E-state index in [2.05, 4.69) is 20.6 Å². The minimum absolute atomic E-state index is 0.0478. The van der Waals surface area contributed by atoms with Crippen molar-refractivity contribution in [3.8, 4) is 0 Å². The Balaban J connectivity index is 1.55. The van der Waals surface area contributed by atoms with E-state index in [9.17, 15) is 9.59 Å². The molecule has 1 aliphatic heterocycles. The van der Waals surface area contributed by atoms with Crippen LogP contribution in [0.3, 0.4) is 0 Å². The number of amides is 2. The number of fused-ring (bicyclic) bond motifs is 1. The number of nitrogens with one attached hydrogen (secondary N) is 2. The van der Waals surface area contributed by atoms with Crippen LogP contribution in [-0.2, 0) is 4.74 Å². The molecule has 0 unspecified atom stereocenters. The van der Waals surface area contributed by atoms with E-state index in [4.69, 9.17) is 9.72 Å². The smallest absolute Gasteiger partial charge is 0.257 e. The zero-order chi connectivity index (χ0) is 22.5. The standard InChI is InChI=1S/C23H26N6O3/c1-24-23-26-12-16(13-27-23)22(31)29-9-7-15(14-29)20-11-18(21(30)25-8-10-32-2)17-5-3-4-6-19(17)28-20/h3-6,11-13,15H,7-10,14H2,1-2H3,(H,25,30)(H,24,26,27)/t15-/m1/s1. The van der Waals surface area contributed by atoms with Crippen LogP contribution in [0.15, 0.2) is 42.7 Å². The second kappa shape index (κ2) is 9.69. The molecule has 0 saturated carbocycles. The Kier molecular flexibility index (Phi) is 6.55. The van der Waals surface area contributed by atoms with Crippen LogP contribution in [0.25, 0.3) is 10.9 Å². The Morgan fingerprint density at radius 2 is 2.00 bits per heavy atom. The molecule has 9 nitrogen and oxygen atoms in total. The van der Waals surface area contributed by atoms with Gasteiger partial charge in [0.25, 0.3) is 11.8 Å². The topological polar surface area (TPSA) is 109 Å². The molecule has 2 N–H and O–H groups in total. The molecule has 32 heavy (non-hydrogen) atoms. The van der Waals surface area contributed by atoms with Gasteiger partial charge in [-0.25, -0.2) is 9.97 Å². The normalized spacial score (nSPS) is 15.7. The molecule has 3 aromatic rings. The minimum atomic E-state index is -0.158. The molecule has 0 aliphatic carbocycles. The number of para-hydroxylation sites is 1. The Bertz CT molecular complexity index is 1120. The van der Waals surface area contributed by atoms with Gasteiger partial charge in [0.1, 0.15) is 0 Å². The van der Waals surface area contributed by atoms with Crippen LogP contribution in [0.4, 0.5) is 5.95 Å². The molecule has 1 aromatic carbocycles. The van der Waals surface area contributed by atoms with Crippen molar-refractivity contribution in [2.45, 2.75) is 12.3 Å². The molecule has 3 heterocycles. The summed E-state index contributed by atoms with van der Waals surface area (Å²) >= 11 is 0. The van der Waals surface area contributed by atoms with E-state index < -0.39 is 0 Å². The number of methoxy groups -OCH3 is 1. The molecule has 1 aliphatic rings. The van der Waals surface area contributed by atoms with Crippen molar-refractivity contribution in [1.82, 2.24) is 25.2 Å². The van der Waals surface area contributed by atoms with Gasteiger partial charge in [-0.1, -0.05) is 18.2 Å². The van der Waals surface area contributed by atoms with Gasteiger partial charge in [0.15, 0.2) is 0 Å². The first-order valence-electron chi connectivity index (χ1n) is 10.6. The number of anilines is 1. The van der Waals surface area contributed by atoms with Crippen LogP contribution in [0.2, 0.25) is 0 Å². The van der Waals surface area contributed by atoms with Crippen molar-refractivity contribution in [1.29, 1.82) is 0 Å². The third-order valence-electron chi connectivity index (χ3n) is 5.59. The highest BCUT2D eigenvalue weighted by molar-refractivity contribution is 6.06. The van der Waals surface area contributed by atoms with Crippen molar-refractivity contribution in [2.75, 3.05) is 45.7 Å². The number of benzene rings is 1. The zero-order valence-electron chi connectivity index (χ0n) is 18.2. The Hall–Kier alpha value is -3.59. The summed E-state index contributed by atoms with van der Waals surface area (Å²) in [6, 6.07) is 9.46. The third kappa shape index (κ3) is 4.52. The van der Waals surface area contributed by atoms with Crippen LogP contribution >= 0.6 is 0 Å². The number of hydrogen-bond donors (Lipinski definition) is 2. The van der Waals surface area contributed by atoms with Crippen molar-refractivity contribution in [3.05, 3.63) is 59.5 Å². The van der Waals surface area contributed by atoms with Crippen molar-refractivity contribution < 1.29 is 14.3 Å². The molecule has 0 spiro atoms. The number of pyridine rings is 1. The number of likely N-dealkylation sites (tertiary alicyclic amines) is 1. The van der Waals surface area contributed by atoms with Crippen LogP contribution in [0.5, 0.6) is 0 Å². The molecule has 2 aromatic heterocycles. The van der Waals surface area contributed by atoms with Gasteiger partial charge in [-0.15, -0.1) is 0 Å². The molecule has 166 valence electrons. The molecule has 1 atom stereocenters. The number of carbonyl (C=O) groups excluding carboxylic acids is 2. The molecule has 2 amide bonds. The van der Waals surface area contributed by atoms with Crippen molar-refractivity contribution >= 4 is 28.7 Å². The van der Waals surface area contributed by atoms with E-state index in [1.54, 1.807) is 19.1 Å². The van der Waals surface area contributed by atoms with E-state index in [1.165, 1.54) is 12.4 Å². The second-order valence-electron chi connectivity index (χ2n) is 7.64. The van der Waals surface area contributed by atoms with Gasteiger partial charge in [-0.3, -0.25) is 14.6 Å².